The first-order valence-corrected chi connectivity index (χ1v) is 4.93. The summed E-state index contributed by atoms with van der Waals surface area (Å²) in [5.41, 5.74) is 9.33. The molecule has 0 atom stereocenters. The standard InChI is InChI=1S/C12H13N3O/c1-8-3-4-10(13)9(5-8)11-6-14-7-12(15-11)16-2/h3-7H,13H2,1-2H3. The van der Waals surface area contributed by atoms with E-state index in [-0.39, 0.29) is 0 Å². The average molecular weight is 215 g/mol. The van der Waals surface area contributed by atoms with Gasteiger partial charge in [0, 0.05) is 11.3 Å². The third-order valence-electron chi connectivity index (χ3n) is 2.31. The Morgan fingerprint density at radius 1 is 1.25 bits per heavy atom. The molecule has 0 aliphatic rings. The Morgan fingerprint density at radius 3 is 2.81 bits per heavy atom. The number of nitrogens with two attached hydrogens (primary N) is 1. The Kier molecular flexibility index (Phi) is 2.72. The first-order chi connectivity index (χ1) is 7.70. The molecule has 1 heterocycles. The van der Waals surface area contributed by atoms with Gasteiger partial charge in [-0.15, -0.1) is 0 Å². The normalized spacial score (nSPS) is 10.1. The maximum Gasteiger partial charge on any atom is 0.232 e. The number of anilines is 1. The van der Waals surface area contributed by atoms with Gasteiger partial charge in [-0.25, -0.2) is 4.98 Å². The van der Waals surface area contributed by atoms with Crippen molar-refractivity contribution in [3.63, 3.8) is 0 Å². The predicted molar refractivity (Wildman–Crippen MR) is 63.2 cm³/mol. The minimum Gasteiger partial charge on any atom is -0.480 e. The van der Waals surface area contributed by atoms with Gasteiger partial charge in [0.1, 0.15) is 0 Å². The second-order valence-corrected chi connectivity index (χ2v) is 3.54. The Hall–Kier alpha value is -2.10. The number of nitrogens with zero attached hydrogens (tertiary/aromatic N) is 2. The number of hydrogen-bond donors (Lipinski definition) is 1. The average Bonchev–Trinajstić information content (AvgIpc) is 2.32. The fourth-order valence-electron chi connectivity index (χ4n) is 1.47. The highest BCUT2D eigenvalue weighted by atomic mass is 16.5. The van der Waals surface area contributed by atoms with E-state index >= 15 is 0 Å². The van der Waals surface area contributed by atoms with Crippen LogP contribution in [-0.4, -0.2) is 17.1 Å². The smallest absolute Gasteiger partial charge is 0.232 e. The number of aryl methyl sites for hydroxylation is 1. The molecule has 0 aliphatic carbocycles. The minimum absolute atomic E-state index is 0.485. The lowest BCUT2D eigenvalue weighted by atomic mass is 10.1. The summed E-state index contributed by atoms with van der Waals surface area (Å²) in [5.74, 6) is 0.485. The number of aromatic nitrogens is 2. The zero-order valence-corrected chi connectivity index (χ0v) is 9.27. The van der Waals surface area contributed by atoms with E-state index in [1.807, 2.05) is 25.1 Å². The molecule has 16 heavy (non-hydrogen) atoms. The van der Waals surface area contributed by atoms with E-state index < -0.39 is 0 Å². The Bertz CT molecular complexity index is 511. The Labute approximate surface area is 94.1 Å². The summed E-state index contributed by atoms with van der Waals surface area (Å²) in [7, 11) is 1.56. The molecule has 0 saturated carbocycles. The van der Waals surface area contributed by atoms with Gasteiger partial charge < -0.3 is 10.5 Å². The molecule has 82 valence electrons. The fourth-order valence-corrected chi connectivity index (χ4v) is 1.47. The van der Waals surface area contributed by atoms with E-state index in [1.54, 1.807) is 19.5 Å². The largest absolute Gasteiger partial charge is 0.480 e. The van der Waals surface area contributed by atoms with Gasteiger partial charge in [-0.3, -0.25) is 4.98 Å². The van der Waals surface area contributed by atoms with Crippen molar-refractivity contribution in [2.45, 2.75) is 6.92 Å². The molecule has 0 unspecified atom stereocenters. The van der Waals surface area contributed by atoms with E-state index in [0.29, 0.717) is 11.6 Å². The summed E-state index contributed by atoms with van der Waals surface area (Å²) in [6.45, 7) is 2.01. The van der Waals surface area contributed by atoms with E-state index in [4.69, 9.17) is 10.5 Å². The van der Waals surface area contributed by atoms with Crippen molar-refractivity contribution in [1.29, 1.82) is 0 Å². The Balaban J connectivity index is 2.53. The molecule has 0 aliphatic heterocycles. The fraction of sp³-hybridized carbons (Fsp3) is 0.167. The molecule has 4 heteroatoms. The van der Waals surface area contributed by atoms with Crippen LogP contribution in [0.4, 0.5) is 5.69 Å². The number of nitrogen functional groups attached to an aromatic ring is 1. The summed E-state index contributed by atoms with van der Waals surface area (Å²) in [6, 6.07) is 5.82. The number of rotatable bonds is 2. The van der Waals surface area contributed by atoms with E-state index in [9.17, 15) is 0 Å². The summed E-state index contributed by atoms with van der Waals surface area (Å²) in [4.78, 5) is 8.36. The summed E-state index contributed by atoms with van der Waals surface area (Å²) < 4.78 is 5.03. The molecule has 4 nitrogen and oxygen atoms in total. The van der Waals surface area contributed by atoms with Crippen LogP contribution >= 0.6 is 0 Å². The highest BCUT2D eigenvalue weighted by molar-refractivity contribution is 5.74. The molecule has 1 aromatic heterocycles. The first kappa shape index (κ1) is 10.4. The summed E-state index contributed by atoms with van der Waals surface area (Å²) in [6.07, 6.45) is 3.24. The first-order valence-electron chi connectivity index (χ1n) is 4.93. The summed E-state index contributed by atoms with van der Waals surface area (Å²) >= 11 is 0. The van der Waals surface area contributed by atoms with Crippen molar-refractivity contribution in [1.82, 2.24) is 9.97 Å². The minimum atomic E-state index is 0.485. The highest BCUT2D eigenvalue weighted by Gasteiger charge is 2.06. The number of methoxy groups -OCH3 is 1. The summed E-state index contributed by atoms with van der Waals surface area (Å²) in [5, 5.41) is 0. The third-order valence-corrected chi connectivity index (χ3v) is 2.31. The van der Waals surface area contributed by atoms with E-state index in [0.717, 1.165) is 16.8 Å². The van der Waals surface area contributed by atoms with E-state index in [2.05, 4.69) is 9.97 Å². The third kappa shape index (κ3) is 1.95. The molecule has 0 bridgehead atoms. The number of benzene rings is 1. The molecular formula is C12H13N3O. The van der Waals surface area contributed by atoms with Gasteiger partial charge in [0.05, 0.1) is 25.2 Å². The maximum absolute atomic E-state index is 5.90. The van der Waals surface area contributed by atoms with Crippen LogP contribution in [0.15, 0.2) is 30.6 Å². The lowest BCUT2D eigenvalue weighted by Crippen LogP contribution is -1.95. The molecular weight excluding hydrogens is 202 g/mol. The van der Waals surface area contributed by atoms with Gasteiger partial charge in [-0.2, -0.15) is 0 Å². The van der Waals surface area contributed by atoms with Crippen LogP contribution in [-0.2, 0) is 0 Å². The lowest BCUT2D eigenvalue weighted by molar-refractivity contribution is 0.396. The van der Waals surface area contributed by atoms with Crippen molar-refractivity contribution in [2.24, 2.45) is 0 Å². The van der Waals surface area contributed by atoms with Crippen LogP contribution in [0.3, 0.4) is 0 Å². The SMILES string of the molecule is COc1cncc(-c2cc(C)ccc2N)n1. The molecule has 0 radical (unpaired) electrons. The molecule has 0 fully saturated rings. The van der Waals surface area contributed by atoms with Crippen molar-refractivity contribution < 1.29 is 4.74 Å². The van der Waals surface area contributed by atoms with Crippen molar-refractivity contribution in [2.75, 3.05) is 12.8 Å². The van der Waals surface area contributed by atoms with Gasteiger partial charge in [0.25, 0.3) is 0 Å². The molecule has 0 amide bonds. The van der Waals surface area contributed by atoms with Crippen molar-refractivity contribution in [3.8, 4) is 17.1 Å². The second-order valence-electron chi connectivity index (χ2n) is 3.54. The van der Waals surface area contributed by atoms with Gasteiger partial charge in [0.2, 0.25) is 5.88 Å². The van der Waals surface area contributed by atoms with Gasteiger partial charge >= 0.3 is 0 Å². The number of ether oxygens (including phenoxy) is 1. The van der Waals surface area contributed by atoms with Crippen LogP contribution < -0.4 is 10.5 Å². The molecule has 0 spiro atoms. The lowest BCUT2D eigenvalue weighted by Gasteiger charge is -2.06. The van der Waals surface area contributed by atoms with E-state index in [1.165, 1.54) is 0 Å². The predicted octanol–water partition coefficient (Wildman–Crippen LogP) is 2.04. The van der Waals surface area contributed by atoms with Crippen molar-refractivity contribution in [3.05, 3.63) is 36.2 Å². The zero-order chi connectivity index (χ0) is 11.5. The van der Waals surface area contributed by atoms with Crippen LogP contribution in [0.5, 0.6) is 5.88 Å². The van der Waals surface area contributed by atoms with Gasteiger partial charge in [-0.1, -0.05) is 11.6 Å². The molecule has 2 aromatic rings. The maximum atomic E-state index is 5.90. The van der Waals surface area contributed by atoms with Gasteiger partial charge in [-0.05, 0) is 19.1 Å². The van der Waals surface area contributed by atoms with Crippen LogP contribution in [0, 0.1) is 6.92 Å². The topological polar surface area (TPSA) is 61.0 Å². The molecule has 2 N–H and O–H groups in total. The molecule has 1 aromatic carbocycles. The van der Waals surface area contributed by atoms with Crippen molar-refractivity contribution >= 4 is 5.69 Å². The number of hydrogen-bond acceptors (Lipinski definition) is 4. The van der Waals surface area contributed by atoms with Crippen LogP contribution in [0.1, 0.15) is 5.56 Å². The molecule has 2 rings (SSSR count). The van der Waals surface area contributed by atoms with Gasteiger partial charge in [0.15, 0.2) is 0 Å². The highest BCUT2D eigenvalue weighted by Crippen LogP contribution is 2.25. The second kappa shape index (κ2) is 4.18. The zero-order valence-electron chi connectivity index (χ0n) is 9.27. The molecule has 0 saturated heterocycles. The quantitative estimate of drug-likeness (QED) is 0.779. The van der Waals surface area contributed by atoms with Crippen LogP contribution in [0.2, 0.25) is 0 Å². The monoisotopic (exact) mass is 215 g/mol. The van der Waals surface area contributed by atoms with Crippen LogP contribution in [0.25, 0.3) is 11.3 Å². The Morgan fingerprint density at radius 2 is 2.06 bits per heavy atom.